The van der Waals surface area contributed by atoms with Crippen molar-refractivity contribution < 1.29 is 4.79 Å². The number of thioether (sulfide) groups is 1. The van der Waals surface area contributed by atoms with E-state index in [0.29, 0.717) is 17.5 Å². The molecule has 1 heterocycles. The van der Waals surface area contributed by atoms with Gasteiger partial charge in [0.2, 0.25) is 5.91 Å². The van der Waals surface area contributed by atoms with Gasteiger partial charge >= 0.3 is 0 Å². The van der Waals surface area contributed by atoms with Crippen LogP contribution in [0.2, 0.25) is 0 Å². The molecule has 1 aromatic heterocycles. The molecule has 0 atom stereocenters. The van der Waals surface area contributed by atoms with Gasteiger partial charge in [-0.3, -0.25) is 9.36 Å². The molecule has 0 unspecified atom stereocenters. The Morgan fingerprint density at radius 3 is 2.38 bits per heavy atom. The van der Waals surface area contributed by atoms with Gasteiger partial charge in [-0.1, -0.05) is 75.0 Å². The lowest BCUT2D eigenvalue weighted by Gasteiger charge is -2.19. The van der Waals surface area contributed by atoms with Crippen molar-refractivity contribution in [2.24, 2.45) is 0 Å². The smallest absolute Gasteiger partial charge is 0.230 e. The van der Waals surface area contributed by atoms with Crippen molar-refractivity contribution in [2.75, 3.05) is 12.3 Å². The number of para-hydroxylation sites is 1. The van der Waals surface area contributed by atoms with Gasteiger partial charge in [0.1, 0.15) is 0 Å². The van der Waals surface area contributed by atoms with Crippen molar-refractivity contribution in [1.29, 1.82) is 0 Å². The van der Waals surface area contributed by atoms with E-state index in [1.165, 1.54) is 17.3 Å². The van der Waals surface area contributed by atoms with Crippen molar-refractivity contribution in [1.82, 2.24) is 20.1 Å². The Labute approximate surface area is 176 Å². The Morgan fingerprint density at radius 1 is 1.07 bits per heavy atom. The molecule has 0 spiro atoms. The number of hydrogen-bond donors (Lipinski definition) is 1. The zero-order valence-corrected chi connectivity index (χ0v) is 18.5. The number of aryl methyl sites for hydroxylation is 1. The van der Waals surface area contributed by atoms with E-state index >= 15 is 0 Å². The molecule has 0 saturated carbocycles. The highest BCUT2D eigenvalue weighted by molar-refractivity contribution is 7.99. The molecule has 0 radical (unpaired) electrons. The molecule has 0 aliphatic rings. The molecule has 1 N–H and O–H groups in total. The van der Waals surface area contributed by atoms with E-state index in [1.807, 2.05) is 23.6 Å². The molecule has 6 heteroatoms. The zero-order valence-electron chi connectivity index (χ0n) is 17.7. The summed E-state index contributed by atoms with van der Waals surface area (Å²) in [6.45, 7) is 11.2. The third-order valence-corrected chi connectivity index (χ3v) is 5.63. The zero-order chi connectivity index (χ0) is 21.0. The highest BCUT2D eigenvalue weighted by atomic mass is 32.2. The predicted molar refractivity (Wildman–Crippen MR) is 120 cm³/mol. The standard InChI is InChI=1S/C23H28N4OS/c1-6-24-20(28)15-29-22-26-25-21(27(22)19-10-8-7-9-16(19)2)17-11-13-18(14-12-17)23(3,4)5/h7-14H,6,15H2,1-5H3,(H,24,28). The molecule has 3 aromatic rings. The Bertz CT molecular complexity index is 987. The quantitative estimate of drug-likeness (QED) is 0.597. The maximum absolute atomic E-state index is 11.9. The van der Waals surface area contributed by atoms with Gasteiger partial charge in [-0.2, -0.15) is 0 Å². The van der Waals surface area contributed by atoms with Crippen LogP contribution in [0.25, 0.3) is 17.1 Å². The van der Waals surface area contributed by atoms with Crippen LogP contribution in [-0.4, -0.2) is 33.0 Å². The Balaban J connectivity index is 2.03. The van der Waals surface area contributed by atoms with Gasteiger partial charge in [0.25, 0.3) is 0 Å². The number of carbonyl (C=O) groups excluding carboxylic acids is 1. The Hall–Kier alpha value is -2.60. The lowest BCUT2D eigenvalue weighted by atomic mass is 9.87. The first-order valence-electron chi connectivity index (χ1n) is 9.83. The molecule has 2 aromatic carbocycles. The van der Waals surface area contributed by atoms with Gasteiger partial charge in [-0.05, 0) is 36.5 Å². The number of benzene rings is 2. The minimum atomic E-state index is -0.00656. The highest BCUT2D eigenvalue weighted by Crippen LogP contribution is 2.31. The summed E-state index contributed by atoms with van der Waals surface area (Å²) in [5, 5.41) is 12.4. The van der Waals surface area contributed by atoms with Gasteiger partial charge in [-0.25, -0.2) is 0 Å². The van der Waals surface area contributed by atoms with Gasteiger partial charge in [0.15, 0.2) is 11.0 Å². The van der Waals surface area contributed by atoms with E-state index in [9.17, 15) is 4.79 Å². The van der Waals surface area contributed by atoms with E-state index in [2.05, 4.69) is 79.6 Å². The molecule has 0 bridgehead atoms. The van der Waals surface area contributed by atoms with Crippen molar-refractivity contribution >= 4 is 17.7 Å². The summed E-state index contributed by atoms with van der Waals surface area (Å²) in [5.74, 6) is 1.08. The molecular formula is C23H28N4OS. The van der Waals surface area contributed by atoms with E-state index in [4.69, 9.17) is 0 Å². The average Bonchev–Trinajstić information content (AvgIpc) is 3.10. The summed E-state index contributed by atoms with van der Waals surface area (Å²) >= 11 is 1.40. The fraction of sp³-hybridized carbons (Fsp3) is 0.348. The fourth-order valence-corrected chi connectivity index (χ4v) is 3.85. The summed E-state index contributed by atoms with van der Waals surface area (Å²) < 4.78 is 2.05. The second kappa shape index (κ2) is 8.82. The largest absolute Gasteiger partial charge is 0.356 e. The summed E-state index contributed by atoms with van der Waals surface area (Å²) in [4.78, 5) is 11.9. The normalized spacial score (nSPS) is 11.5. The van der Waals surface area contributed by atoms with E-state index < -0.39 is 0 Å². The van der Waals surface area contributed by atoms with Gasteiger partial charge in [0, 0.05) is 12.1 Å². The van der Waals surface area contributed by atoms with Gasteiger partial charge in [0.05, 0.1) is 11.4 Å². The molecule has 0 aliphatic heterocycles. The van der Waals surface area contributed by atoms with Crippen molar-refractivity contribution in [2.45, 2.75) is 45.2 Å². The first kappa shape index (κ1) is 21.1. The van der Waals surface area contributed by atoms with Crippen LogP contribution in [0.4, 0.5) is 0 Å². The van der Waals surface area contributed by atoms with E-state index in [0.717, 1.165) is 22.6 Å². The number of aromatic nitrogens is 3. The van der Waals surface area contributed by atoms with E-state index in [1.54, 1.807) is 0 Å². The van der Waals surface area contributed by atoms with Crippen LogP contribution in [0.1, 0.15) is 38.8 Å². The van der Waals surface area contributed by atoms with Crippen molar-refractivity contribution in [3.63, 3.8) is 0 Å². The summed E-state index contributed by atoms with van der Waals surface area (Å²) in [6.07, 6.45) is 0. The molecule has 0 fully saturated rings. The maximum Gasteiger partial charge on any atom is 0.230 e. The van der Waals surface area contributed by atoms with Gasteiger partial charge in [-0.15, -0.1) is 10.2 Å². The average molecular weight is 409 g/mol. The number of nitrogens with one attached hydrogen (secondary N) is 1. The molecule has 152 valence electrons. The second-order valence-corrected chi connectivity index (χ2v) is 8.94. The van der Waals surface area contributed by atoms with Crippen LogP contribution in [0.3, 0.4) is 0 Å². The second-order valence-electron chi connectivity index (χ2n) is 8.00. The van der Waals surface area contributed by atoms with Crippen LogP contribution in [0, 0.1) is 6.92 Å². The maximum atomic E-state index is 11.9. The molecule has 29 heavy (non-hydrogen) atoms. The predicted octanol–water partition coefficient (Wildman–Crippen LogP) is 4.77. The van der Waals surface area contributed by atoms with Crippen molar-refractivity contribution in [3.8, 4) is 17.1 Å². The molecule has 0 aliphatic carbocycles. The van der Waals surface area contributed by atoms with Crippen LogP contribution >= 0.6 is 11.8 Å². The lowest BCUT2D eigenvalue weighted by molar-refractivity contribution is -0.118. The molecular weight excluding hydrogens is 380 g/mol. The first-order valence-corrected chi connectivity index (χ1v) is 10.8. The molecule has 1 amide bonds. The lowest BCUT2D eigenvalue weighted by Crippen LogP contribution is -2.24. The SMILES string of the molecule is CCNC(=O)CSc1nnc(-c2ccc(C(C)(C)C)cc2)n1-c1ccccc1C. The number of amides is 1. The number of nitrogens with zero attached hydrogens (tertiary/aromatic N) is 3. The number of rotatable bonds is 6. The fourth-order valence-electron chi connectivity index (χ4n) is 3.08. The summed E-state index contributed by atoms with van der Waals surface area (Å²) in [7, 11) is 0. The minimum absolute atomic E-state index is 0.00656. The molecule has 5 nitrogen and oxygen atoms in total. The van der Waals surface area contributed by atoms with Crippen LogP contribution in [0.5, 0.6) is 0 Å². The van der Waals surface area contributed by atoms with Crippen molar-refractivity contribution in [3.05, 3.63) is 59.7 Å². The minimum Gasteiger partial charge on any atom is -0.356 e. The Morgan fingerprint density at radius 2 is 1.76 bits per heavy atom. The third-order valence-electron chi connectivity index (χ3n) is 4.71. The summed E-state index contributed by atoms with van der Waals surface area (Å²) in [6, 6.07) is 16.6. The van der Waals surface area contributed by atoms with Crippen LogP contribution in [-0.2, 0) is 10.2 Å². The first-order chi connectivity index (χ1) is 13.8. The van der Waals surface area contributed by atoms with Gasteiger partial charge < -0.3 is 5.32 Å². The van der Waals surface area contributed by atoms with Crippen LogP contribution in [0.15, 0.2) is 53.7 Å². The topological polar surface area (TPSA) is 59.8 Å². The molecule has 3 rings (SSSR count). The van der Waals surface area contributed by atoms with E-state index in [-0.39, 0.29) is 11.3 Å². The Kier molecular flexibility index (Phi) is 6.42. The molecule has 0 saturated heterocycles. The monoisotopic (exact) mass is 408 g/mol. The third kappa shape index (κ3) is 4.88. The summed E-state index contributed by atoms with van der Waals surface area (Å²) in [5.41, 5.74) is 4.51. The highest BCUT2D eigenvalue weighted by Gasteiger charge is 2.19. The number of carbonyl (C=O) groups is 1. The van der Waals surface area contributed by atoms with Crippen LogP contribution < -0.4 is 5.32 Å². The number of hydrogen-bond acceptors (Lipinski definition) is 4.